The molecule has 2 aromatic rings. The van der Waals surface area contributed by atoms with Crippen molar-refractivity contribution in [2.75, 3.05) is 6.54 Å². The Morgan fingerprint density at radius 1 is 1.42 bits per heavy atom. The van der Waals surface area contributed by atoms with E-state index < -0.39 is 0 Å². The molecular weight excluding hydrogens is 347 g/mol. The van der Waals surface area contributed by atoms with Crippen molar-refractivity contribution in [3.63, 3.8) is 0 Å². The number of carbonyl (C=O) groups is 1. The molecule has 5 nitrogen and oxygen atoms in total. The zero-order valence-electron chi connectivity index (χ0n) is 14.0. The summed E-state index contributed by atoms with van der Waals surface area (Å²) in [6.07, 6.45) is 4.58. The van der Waals surface area contributed by atoms with E-state index in [1.807, 2.05) is 25.1 Å². The van der Waals surface area contributed by atoms with Crippen molar-refractivity contribution in [1.82, 2.24) is 15.1 Å². The molecule has 0 radical (unpaired) electrons. The van der Waals surface area contributed by atoms with Crippen LogP contribution in [-0.2, 0) is 0 Å². The van der Waals surface area contributed by atoms with Crippen molar-refractivity contribution in [3.8, 4) is 5.69 Å². The number of carbonyl (C=O) groups excluding carboxylic acids is 1. The van der Waals surface area contributed by atoms with Crippen LogP contribution in [0.5, 0.6) is 0 Å². The lowest BCUT2D eigenvalue weighted by molar-refractivity contribution is 0.0935. The second-order valence-electron chi connectivity index (χ2n) is 5.56. The number of benzene rings is 1. The van der Waals surface area contributed by atoms with Gasteiger partial charge in [-0.1, -0.05) is 43.5 Å². The van der Waals surface area contributed by atoms with Crippen LogP contribution in [0, 0.1) is 6.92 Å². The Morgan fingerprint density at radius 3 is 2.75 bits per heavy atom. The highest BCUT2D eigenvalue weighted by Gasteiger charge is 2.18. The van der Waals surface area contributed by atoms with Gasteiger partial charge in [-0.25, -0.2) is 4.68 Å². The fourth-order valence-corrected chi connectivity index (χ4v) is 2.68. The number of nitrogens with one attached hydrogen (secondary N) is 1. The molecule has 0 saturated carbocycles. The fraction of sp³-hybridized carbons (Fsp3) is 0.412. The number of aromatic nitrogens is 2. The summed E-state index contributed by atoms with van der Waals surface area (Å²) in [5, 5.41) is 7.88. The number of hydrogen-bond acceptors (Lipinski definition) is 3. The van der Waals surface area contributed by atoms with Crippen molar-refractivity contribution in [2.45, 2.75) is 39.2 Å². The maximum absolute atomic E-state index is 12.5. The molecule has 3 N–H and O–H groups in total. The minimum Gasteiger partial charge on any atom is -0.348 e. The minimum absolute atomic E-state index is 0. The first-order valence-corrected chi connectivity index (χ1v) is 8.26. The number of hydrogen-bond donors (Lipinski definition) is 2. The number of nitrogens with zero attached hydrogens (tertiary/aromatic N) is 2. The Labute approximate surface area is 154 Å². The molecule has 1 unspecified atom stereocenters. The predicted octanol–water partition coefficient (Wildman–Crippen LogP) is 3.50. The number of halogens is 2. The van der Waals surface area contributed by atoms with Gasteiger partial charge in [-0.2, -0.15) is 5.10 Å². The normalized spacial score (nSPS) is 11.7. The molecular formula is C17H24Cl2N4O. The molecule has 1 aromatic carbocycles. The van der Waals surface area contributed by atoms with E-state index in [9.17, 15) is 4.79 Å². The van der Waals surface area contributed by atoms with Crippen LogP contribution in [0.3, 0.4) is 0 Å². The van der Waals surface area contributed by atoms with Crippen LogP contribution in [-0.4, -0.2) is 28.3 Å². The first-order valence-electron chi connectivity index (χ1n) is 7.89. The Hall–Kier alpha value is -1.56. The highest BCUT2D eigenvalue weighted by atomic mass is 35.5. The van der Waals surface area contributed by atoms with Crippen LogP contribution in [0.2, 0.25) is 5.02 Å². The van der Waals surface area contributed by atoms with Crippen LogP contribution in [0.15, 0.2) is 30.5 Å². The summed E-state index contributed by atoms with van der Waals surface area (Å²) in [6.45, 7) is 4.41. The third-order valence-corrected chi connectivity index (χ3v) is 4.18. The van der Waals surface area contributed by atoms with Crippen LogP contribution < -0.4 is 11.1 Å². The van der Waals surface area contributed by atoms with Crippen molar-refractivity contribution in [3.05, 3.63) is 46.7 Å². The Morgan fingerprint density at radius 2 is 2.12 bits per heavy atom. The number of rotatable bonds is 7. The van der Waals surface area contributed by atoms with Crippen molar-refractivity contribution in [2.24, 2.45) is 5.73 Å². The molecule has 0 fully saturated rings. The average molecular weight is 371 g/mol. The van der Waals surface area contributed by atoms with Crippen molar-refractivity contribution >= 4 is 29.9 Å². The van der Waals surface area contributed by atoms with Crippen LogP contribution >= 0.6 is 24.0 Å². The lowest BCUT2D eigenvalue weighted by Crippen LogP contribution is -2.40. The minimum atomic E-state index is -0.146. The summed E-state index contributed by atoms with van der Waals surface area (Å²) in [4.78, 5) is 12.5. The molecule has 132 valence electrons. The second-order valence-corrected chi connectivity index (χ2v) is 5.96. The van der Waals surface area contributed by atoms with Gasteiger partial charge < -0.3 is 11.1 Å². The number of amides is 1. The molecule has 1 heterocycles. The third-order valence-electron chi connectivity index (χ3n) is 3.86. The maximum Gasteiger partial charge on any atom is 0.255 e. The van der Waals surface area contributed by atoms with Crippen LogP contribution in [0.1, 0.15) is 42.2 Å². The van der Waals surface area contributed by atoms with E-state index in [4.69, 9.17) is 17.3 Å². The summed E-state index contributed by atoms with van der Waals surface area (Å²) in [6, 6.07) is 7.40. The van der Waals surface area contributed by atoms with Crippen LogP contribution in [0.25, 0.3) is 5.69 Å². The van der Waals surface area contributed by atoms with Gasteiger partial charge in [0.15, 0.2) is 0 Å². The largest absolute Gasteiger partial charge is 0.348 e. The van der Waals surface area contributed by atoms with Crippen molar-refractivity contribution < 1.29 is 4.79 Å². The smallest absolute Gasteiger partial charge is 0.255 e. The summed E-state index contributed by atoms with van der Waals surface area (Å²) in [5.74, 6) is -0.146. The summed E-state index contributed by atoms with van der Waals surface area (Å²) in [7, 11) is 0. The number of para-hydroxylation sites is 1. The molecule has 0 spiro atoms. The van der Waals surface area contributed by atoms with E-state index in [0.717, 1.165) is 30.6 Å². The van der Waals surface area contributed by atoms with E-state index >= 15 is 0 Å². The van der Waals surface area contributed by atoms with Gasteiger partial charge in [0.05, 0.1) is 28.2 Å². The van der Waals surface area contributed by atoms with Gasteiger partial charge in [0.25, 0.3) is 5.91 Å². The van der Waals surface area contributed by atoms with Gasteiger partial charge in [0, 0.05) is 12.6 Å². The summed E-state index contributed by atoms with van der Waals surface area (Å²) < 4.78 is 1.68. The topological polar surface area (TPSA) is 72.9 Å². The molecule has 1 amide bonds. The highest BCUT2D eigenvalue weighted by molar-refractivity contribution is 6.32. The quantitative estimate of drug-likeness (QED) is 0.782. The Kier molecular flexibility index (Phi) is 8.25. The molecule has 7 heteroatoms. The van der Waals surface area contributed by atoms with E-state index in [1.165, 1.54) is 0 Å². The lowest BCUT2D eigenvalue weighted by atomic mass is 10.1. The summed E-state index contributed by atoms with van der Waals surface area (Å²) in [5.41, 5.74) is 7.79. The highest BCUT2D eigenvalue weighted by Crippen LogP contribution is 2.22. The molecule has 0 aliphatic rings. The molecule has 24 heavy (non-hydrogen) atoms. The van der Waals surface area contributed by atoms with E-state index in [-0.39, 0.29) is 24.4 Å². The monoisotopic (exact) mass is 370 g/mol. The molecule has 0 aliphatic carbocycles. The lowest BCUT2D eigenvalue weighted by Gasteiger charge is -2.16. The molecule has 0 bridgehead atoms. The first kappa shape index (κ1) is 20.5. The predicted molar refractivity (Wildman–Crippen MR) is 100 cm³/mol. The Bertz CT molecular complexity index is 672. The summed E-state index contributed by atoms with van der Waals surface area (Å²) >= 11 is 6.21. The van der Waals surface area contributed by atoms with Gasteiger partial charge in [-0.05, 0) is 25.5 Å². The number of unbranched alkanes of at least 4 members (excludes halogenated alkanes) is 1. The maximum atomic E-state index is 12.5. The SMILES string of the molecule is CCCCC(CN)NC(=O)c1cnn(-c2ccccc2Cl)c1C.Cl. The van der Waals surface area contributed by atoms with Gasteiger partial charge in [-0.15, -0.1) is 12.4 Å². The number of nitrogens with two attached hydrogens (primary N) is 1. The van der Waals surface area contributed by atoms with Gasteiger partial charge in [0.1, 0.15) is 0 Å². The zero-order chi connectivity index (χ0) is 16.8. The van der Waals surface area contributed by atoms with Crippen LogP contribution in [0.4, 0.5) is 0 Å². The van der Waals surface area contributed by atoms with E-state index in [1.54, 1.807) is 16.9 Å². The van der Waals surface area contributed by atoms with Gasteiger partial charge >= 0.3 is 0 Å². The first-order chi connectivity index (χ1) is 11.1. The standard InChI is InChI=1S/C17H23ClN4O.ClH/c1-3-4-7-13(10-19)21-17(23)14-11-20-22(12(14)2)16-9-6-5-8-15(16)18;/h5-6,8-9,11,13H,3-4,7,10,19H2,1-2H3,(H,21,23);1H. The molecule has 0 saturated heterocycles. The molecule has 1 aromatic heterocycles. The zero-order valence-corrected chi connectivity index (χ0v) is 15.5. The molecule has 2 rings (SSSR count). The molecule has 1 atom stereocenters. The fourth-order valence-electron chi connectivity index (χ4n) is 2.46. The van der Waals surface area contributed by atoms with E-state index in [2.05, 4.69) is 17.3 Å². The third kappa shape index (κ3) is 4.72. The van der Waals surface area contributed by atoms with Gasteiger partial charge in [0.2, 0.25) is 0 Å². The average Bonchev–Trinajstić information content (AvgIpc) is 2.93. The van der Waals surface area contributed by atoms with Gasteiger partial charge in [-0.3, -0.25) is 4.79 Å². The second kappa shape index (κ2) is 9.67. The van der Waals surface area contributed by atoms with E-state index in [0.29, 0.717) is 17.1 Å². The molecule has 0 aliphatic heterocycles. The van der Waals surface area contributed by atoms with Crippen molar-refractivity contribution in [1.29, 1.82) is 0 Å². The Balaban J connectivity index is 0.00000288.